The first kappa shape index (κ1) is 24.3. The molecular formula is C27H32N2O4. The average Bonchev–Trinajstić information content (AvgIpc) is 2.74. The summed E-state index contributed by atoms with van der Waals surface area (Å²) in [6.07, 6.45) is 0.875. The lowest BCUT2D eigenvalue weighted by molar-refractivity contribution is 0.0761. The molecule has 0 bridgehead atoms. The van der Waals surface area contributed by atoms with Crippen LogP contribution in [0, 0.1) is 6.92 Å². The van der Waals surface area contributed by atoms with Crippen molar-refractivity contribution in [3.8, 4) is 17.2 Å². The zero-order chi connectivity index (χ0) is 23.8. The second kappa shape index (κ2) is 11.5. The normalized spacial score (nSPS) is 11.8. The van der Waals surface area contributed by atoms with Gasteiger partial charge in [0.15, 0.2) is 0 Å². The standard InChI is InChI=1S/C27H32N2O4/c1-6-31-19(4)15-22-13-14-26(20(5)28-22)27(30)29-21-9-7-10-23(16-21)33-25-12-8-11-24(17-25)32-18(2)3/h7-14,16-19H,6,15H2,1-5H3,(H,29,30). The number of anilines is 1. The summed E-state index contributed by atoms with van der Waals surface area (Å²) in [5.41, 5.74) is 2.76. The largest absolute Gasteiger partial charge is 0.491 e. The molecule has 1 aromatic heterocycles. The molecule has 0 spiro atoms. The van der Waals surface area contributed by atoms with E-state index in [1.807, 2.05) is 89.2 Å². The topological polar surface area (TPSA) is 69.7 Å². The van der Waals surface area contributed by atoms with E-state index in [9.17, 15) is 4.79 Å². The number of benzene rings is 2. The molecule has 33 heavy (non-hydrogen) atoms. The van der Waals surface area contributed by atoms with E-state index >= 15 is 0 Å². The number of nitrogens with zero attached hydrogens (tertiary/aromatic N) is 1. The first-order valence-corrected chi connectivity index (χ1v) is 11.3. The number of hydrogen-bond acceptors (Lipinski definition) is 5. The van der Waals surface area contributed by atoms with Crippen molar-refractivity contribution in [2.75, 3.05) is 11.9 Å². The molecule has 0 aliphatic rings. The Balaban J connectivity index is 1.67. The SMILES string of the molecule is CCOC(C)Cc1ccc(C(=O)Nc2cccc(Oc3cccc(OC(C)C)c3)c2)c(C)n1. The summed E-state index contributed by atoms with van der Waals surface area (Å²) in [6.45, 7) is 10.5. The fraction of sp³-hybridized carbons (Fsp3) is 0.333. The minimum atomic E-state index is -0.214. The number of rotatable bonds is 10. The number of aromatic nitrogens is 1. The van der Waals surface area contributed by atoms with Gasteiger partial charge in [0.1, 0.15) is 17.2 Å². The lowest BCUT2D eigenvalue weighted by Gasteiger charge is -2.13. The van der Waals surface area contributed by atoms with Gasteiger partial charge in [-0.2, -0.15) is 0 Å². The molecule has 0 aliphatic carbocycles. The molecule has 0 aliphatic heterocycles. The third kappa shape index (κ3) is 7.32. The molecule has 0 radical (unpaired) electrons. The van der Waals surface area contributed by atoms with E-state index in [0.717, 1.165) is 11.4 Å². The minimum Gasteiger partial charge on any atom is -0.491 e. The Kier molecular flexibility index (Phi) is 8.44. The van der Waals surface area contributed by atoms with Crippen LogP contribution in [-0.2, 0) is 11.2 Å². The number of carbonyl (C=O) groups excluding carboxylic acids is 1. The number of ether oxygens (including phenoxy) is 3. The van der Waals surface area contributed by atoms with Gasteiger partial charge in [0.2, 0.25) is 0 Å². The van der Waals surface area contributed by atoms with Gasteiger partial charge in [-0.3, -0.25) is 9.78 Å². The Morgan fingerprint density at radius 2 is 1.67 bits per heavy atom. The van der Waals surface area contributed by atoms with E-state index in [1.54, 1.807) is 6.07 Å². The Labute approximate surface area is 195 Å². The fourth-order valence-corrected chi connectivity index (χ4v) is 3.46. The first-order valence-electron chi connectivity index (χ1n) is 11.3. The van der Waals surface area contributed by atoms with Crippen LogP contribution in [-0.4, -0.2) is 29.7 Å². The Morgan fingerprint density at radius 1 is 0.970 bits per heavy atom. The van der Waals surface area contributed by atoms with Crippen molar-refractivity contribution >= 4 is 11.6 Å². The van der Waals surface area contributed by atoms with Crippen molar-refractivity contribution in [3.63, 3.8) is 0 Å². The highest BCUT2D eigenvalue weighted by Gasteiger charge is 2.13. The summed E-state index contributed by atoms with van der Waals surface area (Å²) < 4.78 is 17.3. The van der Waals surface area contributed by atoms with E-state index in [1.165, 1.54) is 0 Å². The van der Waals surface area contributed by atoms with Crippen molar-refractivity contribution in [1.82, 2.24) is 4.98 Å². The van der Waals surface area contributed by atoms with E-state index in [2.05, 4.69) is 10.3 Å². The van der Waals surface area contributed by atoms with Crippen molar-refractivity contribution in [3.05, 3.63) is 77.6 Å². The van der Waals surface area contributed by atoms with Crippen LogP contribution in [0.1, 0.15) is 49.4 Å². The van der Waals surface area contributed by atoms with Gasteiger partial charge >= 0.3 is 0 Å². The molecule has 174 valence electrons. The predicted octanol–water partition coefficient (Wildman–Crippen LogP) is 6.19. The van der Waals surface area contributed by atoms with Crippen LogP contribution in [0.15, 0.2) is 60.7 Å². The number of amides is 1. The maximum absolute atomic E-state index is 12.9. The Hall–Kier alpha value is -3.38. The van der Waals surface area contributed by atoms with Gasteiger partial charge in [-0.05, 0) is 71.0 Å². The monoisotopic (exact) mass is 448 g/mol. The van der Waals surface area contributed by atoms with Crippen molar-refractivity contribution in [1.29, 1.82) is 0 Å². The van der Waals surface area contributed by atoms with E-state index in [-0.39, 0.29) is 18.1 Å². The molecule has 1 atom stereocenters. The maximum atomic E-state index is 12.9. The van der Waals surface area contributed by atoms with Gasteiger partial charge in [-0.1, -0.05) is 12.1 Å². The van der Waals surface area contributed by atoms with Crippen LogP contribution in [0.3, 0.4) is 0 Å². The van der Waals surface area contributed by atoms with Gasteiger partial charge < -0.3 is 19.5 Å². The molecule has 2 aromatic carbocycles. The number of nitrogens with one attached hydrogen (secondary N) is 1. The highest BCUT2D eigenvalue weighted by atomic mass is 16.5. The average molecular weight is 449 g/mol. The van der Waals surface area contributed by atoms with Crippen LogP contribution in [0.2, 0.25) is 0 Å². The quantitative estimate of drug-likeness (QED) is 0.400. The van der Waals surface area contributed by atoms with Crippen LogP contribution in [0.5, 0.6) is 17.2 Å². The van der Waals surface area contributed by atoms with Crippen molar-refractivity contribution < 1.29 is 19.0 Å². The molecule has 0 fully saturated rings. The molecule has 3 rings (SSSR count). The molecule has 6 heteroatoms. The molecule has 1 N–H and O–H groups in total. The fourth-order valence-electron chi connectivity index (χ4n) is 3.46. The number of carbonyl (C=O) groups is 1. The van der Waals surface area contributed by atoms with Crippen LogP contribution < -0.4 is 14.8 Å². The third-order valence-corrected chi connectivity index (χ3v) is 4.84. The first-order chi connectivity index (χ1) is 15.8. The smallest absolute Gasteiger partial charge is 0.257 e. The molecule has 1 amide bonds. The molecular weight excluding hydrogens is 416 g/mol. The van der Waals surface area contributed by atoms with Crippen molar-refractivity contribution in [2.24, 2.45) is 0 Å². The zero-order valence-electron chi connectivity index (χ0n) is 19.9. The summed E-state index contributed by atoms with van der Waals surface area (Å²) in [6, 6.07) is 18.5. The number of aryl methyl sites for hydroxylation is 1. The van der Waals surface area contributed by atoms with Gasteiger partial charge in [-0.15, -0.1) is 0 Å². The summed E-state index contributed by atoms with van der Waals surface area (Å²) >= 11 is 0. The highest BCUT2D eigenvalue weighted by Crippen LogP contribution is 2.27. The predicted molar refractivity (Wildman–Crippen MR) is 130 cm³/mol. The van der Waals surface area contributed by atoms with E-state index in [4.69, 9.17) is 14.2 Å². The Morgan fingerprint density at radius 3 is 2.36 bits per heavy atom. The molecule has 1 unspecified atom stereocenters. The van der Waals surface area contributed by atoms with E-state index in [0.29, 0.717) is 41.5 Å². The summed E-state index contributed by atoms with van der Waals surface area (Å²) in [7, 11) is 0. The molecule has 0 saturated carbocycles. The lowest BCUT2D eigenvalue weighted by Crippen LogP contribution is -2.16. The molecule has 6 nitrogen and oxygen atoms in total. The van der Waals surface area contributed by atoms with Crippen molar-refractivity contribution in [2.45, 2.75) is 53.2 Å². The van der Waals surface area contributed by atoms with Gasteiger partial charge in [0.25, 0.3) is 5.91 Å². The van der Waals surface area contributed by atoms with Crippen LogP contribution >= 0.6 is 0 Å². The summed E-state index contributed by atoms with van der Waals surface area (Å²) in [5.74, 6) is 1.81. The second-order valence-electron chi connectivity index (χ2n) is 8.13. The lowest BCUT2D eigenvalue weighted by atomic mass is 10.1. The zero-order valence-corrected chi connectivity index (χ0v) is 19.9. The number of hydrogen-bond donors (Lipinski definition) is 1. The van der Waals surface area contributed by atoms with Crippen LogP contribution in [0.4, 0.5) is 5.69 Å². The van der Waals surface area contributed by atoms with Gasteiger partial charge in [-0.25, -0.2) is 0 Å². The minimum absolute atomic E-state index is 0.0823. The maximum Gasteiger partial charge on any atom is 0.257 e. The van der Waals surface area contributed by atoms with Gasteiger partial charge in [0.05, 0.1) is 23.5 Å². The summed E-state index contributed by atoms with van der Waals surface area (Å²) in [5, 5.41) is 2.93. The second-order valence-corrected chi connectivity index (χ2v) is 8.13. The van der Waals surface area contributed by atoms with Gasteiger partial charge in [0, 0.05) is 36.5 Å². The molecule has 1 heterocycles. The van der Waals surface area contributed by atoms with E-state index < -0.39 is 0 Å². The Bertz CT molecular complexity index is 1080. The summed E-state index contributed by atoms with van der Waals surface area (Å²) in [4.78, 5) is 17.4. The third-order valence-electron chi connectivity index (χ3n) is 4.84. The number of pyridine rings is 1. The molecule has 0 saturated heterocycles. The molecule has 3 aromatic rings. The van der Waals surface area contributed by atoms with Crippen LogP contribution in [0.25, 0.3) is 0 Å². The highest BCUT2D eigenvalue weighted by molar-refractivity contribution is 6.05.